The van der Waals surface area contributed by atoms with Crippen molar-refractivity contribution in [3.8, 4) is 56.4 Å². The lowest BCUT2D eigenvalue weighted by Crippen LogP contribution is -2.41. The van der Waals surface area contributed by atoms with Crippen molar-refractivity contribution in [2.24, 2.45) is 0 Å². The van der Waals surface area contributed by atoms with Crippen LogP contribution in [0, 0.1) is 20.2 Å². The molecule has 16 heteroatoms. The van der Waals surface area contributed by atoms with E-state index in [0.29, 0.717) is 10.0 Å². The maximum Gasteiger partial charge on any atom is 0.494 e. The summed E-state index contributed by atoms with van der Waals surface area (Å²) in [6.07, 6.45) is 0. The molecule has 24 aromatic rings. The third kappa shape index (κ3) is 13.6. The van der Waals surface area contributed by atoms with Gasteiger partial charge in [0.25, 0.3) is 11.4 Å². The van der Waals surface area contributed by atoms with Gasteiger partial charge < -0.3 is 36.7 Å². The van der Waals surface area contributed by atoms with Crippen molar-refractivity contribution >= 4 is 171 Å². The predicted molar refractivity (Wildman–Crippen MR) is 539 cm³/mol. The summed E-state index contributed by atoms with van der Waals surface area (Å²) in [5.41, 5.74) is 25.3. The van der Waals surface area contributed by atoms with Gasteiger partial charge in [-0.05, 0) is 211 Å². The summed E-state index contributed by atoms with van der Waals surface area (Å²) in [6.45, 7) is 8.36. The summed E-state index contributed by atoms with van der Waals surface area (Å²) in [5.74, 6) is 0. The lowest BCUT2D eigenvalue weighted by molar-refractivity contribution is -0.385. The minimum absolute atomic E-state index is 0.0995. The van der Waals surface area contributed by atoms with Crippen LogP contribution in [0.2, 0.25) is 0 Å². The fourth-order valence-corrected chi connectivity index (χ4v) is 19.7. The van der Waals surface area contributed by atoms with E-state index in [4.69, 9.17) is 9.31 Å². The second-order valence-electron chi connectivity index (χ2n) is 33.9. The van der Waals surface area contributed by atoms with Crippen molar-refractivity contribution in [3.05, 3.63) is 449 Å². The van der Waals surface area contributed by atoms with Crippen molar-refractivity contribution in [3.63, 3.8) is 0 Å². The van der Waals surface area contributed by atoms with E-state index in [1.807, 2.05) is 54.6 Å². The van der Waals surface area contributed by atoms with E-state index in [1.54, 1.807) is 36.4 Å². The van der Waals surface area contributed by atoms with E-state index >= 15 is 0 Å². The molecule has 130 heavy (non-hydrogen) atoms. The van der Waals surface area contributed by atoms with Crippen molar-refractivity contribution in [1.29, 1.82) is 0 Å². The smallest absolute Gasteiger partial charge is 0.399 e. The summed E-state index contributed by atoms with van der Waals surface area (Å²) >= 11 is 3.06. The van der Waals surface area contributed by atoms with E-state index in [2.05, 4.69) is 399 Å². The van der Waals surface area contributed by atoms with E-state index < -0.39 is 4.92 Å². The summed E-state index contributed by atoms with van der Waals surface area (Å²) in [5, 5.41) is 36.4. The monoisotopic (exact) mass is 1750 g/mol. The Morgan fingerprint density at radius 2 is 0.515 bits per heavy atom. The molecule has 1 aliphatic rings. The minimum atomic E-state index is -0.427. The number of benzene rings is 18. The van der Waals surface area contributed by atoms with Crippen LogP contribution in [0.15, 0.2) is 429 Å². The second kappa shape index (κ2) is 32.5. The fourth-order valence-electron chi connectivity index (χ4n) is 19.3. The zero-order valence-corrected chi connectivity index (χ0v) is 73.0. The maximum atomic E-state index is 11.5. The third-order valence-corrected chi connectivity index (χ3v) is 26.6. The molecule has 14 nitrogen and oxygen atoms in total. The van der Waals surface area contributed by atoms with Crippen LogP contribution >= 0.6 is 15.9 Å². The van der Waals surface area contributed by atoms with Gasteiger partial charge in [-0.3, -0.25) is 20.2 Å². The van der Waals surface area contributed by atoms with Gasteiger partial charge in [0.1, 0.15) is 0 Å². The molecule has 0 bridgehead atoms. The SMILES string of the molecule is CC1(C)OB(c2ccc3c4ccccc4n(-c4ccccc4)c3c2)OC1(C)C.O=[N+]([O-])c1ccccc1-c1ccc2c3ccccc3n(-c3ccccc3)c2c1.O=[N+]([O-])c1ccccc1Br.c1ccc(-n2c3ccccc3c3ccc4c5cc(-c6ccc7c(c6)c6ccc8c9ccccc9n(-c9ccccc9)c8c6n7-c6ccccc6)ccc5n(-c5ccccc5)c4c32)cc1. The molecule has 1 saturated heterocycles. The molecular formula is C114H82BBrN8O6. The first kappa shape index (κ1) is 79.9. The fraction of sp³-hybridized carbons (Fsp3) is 0.0526. The van der Waals surface area contributed by atoms with Crippen LogP contribution in [0.3, 0.4) is 0 Å². The molecule has 25 rings (SSSR count). The maximum absolute atomic E-state index is 11.5. The van der Waals surface area contributed by atoms with Gasteiger partial charge in [0.2, 0.25) is 0 Å². The Morgan fingerprint density at radius 1 is 0.246 bits per heavy atom. The number of rotatable bonds is 11. The molecule has 0 atom stereocenters. The van der Waals surface area contributed by atoms with E-state index in [0.717, 1.165) is 67.0 Å². The number of fused-ring (bicyclic) bond motifs is 20. The molecule has 0 spiro atoms. The van der Waals surface area contributed by atoms with Gasteiger partial charge >= 0.3 is 7.12 Å². The van der Waals surface area contributed by atoms with Gasteiger partial charge in [-0.25, -0.2) is 0 Å². The van der Waals surface area contributed by atoms with Crippen molar-refractivity contribution < 1.29 is 19.2 Å². The van der Waals surface area contributed by atoms with Crippen LogP contribution in [0.5, 0.6) is 0 Å². The van der Waals surface area contributed by atoms with E-state index in [-0.39, 0.29) is 34.6 Å². The summed E-state index contributed by atoms with van der Waals surface area (Å²) in [6, 6.07) is 148. The molecule has 0 saturated carbocycles. The molecule has 18 aromatic carbocycles. The number of nitrogens with zero attached hydrogens (tertiary/aromatic N) is 8. The van der Waals surface area contributed by atoms with E-state index in [9.17, 15) is 20.2 Å². The van der Waals surface area contributed by atoms with Crippen LogP contribution in [0.25, 0.3) is 187 Å². The minimum Gasteiger partial charge on any atom is -0.399 e. The van der Waals surface area contributed by atoms with Crippen LogP contribution in [0.1, 0.15) is 27.7 Å². The van der Waals surface area contributed by atoms with Gasteiger partial charge in [0, 0.05) is 111 Å². The van der Waals surface area contributed by atoms with Crippen molar-refractivity contribution in [1.82, 2.24) is 27.4 Å². The quantitative estimate of drug-likeness (QED) is 0.0719. The Labute approximate surface area is 756 Å². The predicted octanol–water partition coefficient (Wildman–Crippen LogP) is 29.5. The van der Waals surface area contributed by atoms with Crippen molar-refractivity contribution in [2.45, 2.75) is 38.9 Å². The molecule has 0 amide bonds. The van der Waals surface area contributed by atoms with Crippen LogP contribution in [0.4, 0.5) is 11.4 Å². The number of para-hydroxylation sites is 12. The van der Waals surface area contributed by atoms with Gasteiger partial charge in [-0.2, -0.15) is 0 Å². The van der Waals surface area contributed by atoms with Crippen molar-refractivity contribution in [2.75, 3.05) is 0 Å². The summed E-state index contributed by atoms with van der Waals surface area (Å²) in [7, 11) is -0.364. The molecule has 0 radical (unpaired) electrons. The molecule has 624 valence electrons. The largest absolute Gasteiger partial charge is 0.494 e. The number of hydrogen-bond donors (Lipinski definition) is 0. The number of hydrogen-bond acceptors (Lipinski definition) is 6. The second-order valence-corrected chi connectivity index (χ2v) is 34.7. The van der Waals surface area contributed by atoms with E-state index in [1.165, 1.54) is 126 Å². The number of halogens is 1. The van der Waals surface area contributed by atoms with Crippen LogP contribution in [-0.2, 0) is 9.31 Å². The molecule has 1 fully saturated rings. The molecule has 7 heterocycles. The first-order valence-corrected chi connectivity index (χ1v) is 44.3. The molecule has 0 N–H and O–H groups in total. The highest BCUT2D eigenvalue weighted by Crippen LogP contribution is 2.48. The van der Waals surface area contributed by atoms with Crippen LogP contribution in [-0.4, -0.2) is 55.6 Å². The Bertz CT molecular complexity index is 8290. The topological polar surface area (TPSA) is 134 Å². The number of nitro benzene ring substituents is 2. The van der Waals surface area contributed by atoms with Gasteiger partial charge in [-0.15, -0.1) is 0 Å². The highest BCUT2D eigenvalue weighted by Gasteiger charge is 2.52. The Morgan fingerprint density at radius 3 is 0.885 bits per heavy atom. The molecule has 0 unspecified atom stereocenters. The lowest BCUT2D eigenvalue weighted by atomic mass is 9.79. The average Bonchev–Trinajstić information content (AvgIpc) is 1.54. The number of nitro groups is 2. The molecular weight excluding hydrogens is 1670 g/mol. The van der Waals surface area contributed by atoms with Gasteiger partial charge in [0.05, 0.1) is 97.3 Å². The Hall–Kier alpha value is -16.0. The lowest BCUT2D eigenvalue weighted by Gasteiger charge is -2.32. The highest BCUT2D eigenvalue weighted by molar-refractivity contribution is 9.10. The molecule has 1 aliphatic heterocycles. The zero-order chi connectivity index (χ0) is 88.0. The molecule has 6 aromatic heterocycles. The first-order chi connectivity index (χ1) is 63.6. The zero-order valence-electron chi connectivity index (χ0n) is 71.4. The third-order valence-electron chi connectivity index (χ3n) is 25.9. The standard InChI is InChI=1S/C60H38N4.C24H24BNO2.C24H16N2O2.C6H4BrNO2/c1-5-17-41(18-6-1)61-53-27-15-13-25-45(53)47-31-33-49-51-37-39(29-35-55(51)63(59(49)57(47)61)43-21-9-3-10-22-43)40-30-36-56-52(38-40)50-34-32-48-46-26-14-16-28-54(46)62(42-19-7-2-8-20-42)58(48)60(50)64(56)44-23-11-4-12-24-44;1-23(2)24(3,4)28-25(27-23)17-14-15-20-19-12-8-9-13-21(19)26(22(20)16-17)18-10-6-5-7-11-18;27-26(28)23-13-7-4-10-19(23)17-14-15-21-20-11-5-6-12-22(20)25(24(21)16-17)18-8-2-1-3-9-18;7-5-3-1-2-4-6(5)8(9)10/h1-38H;5-16H,1-4H3;1-16H;1-4H. The first-order valence-electron chi connectivity index (χ1n) is 43.5. The van der Waals surface area contributed by atoms with Crippen LogP contribution < -0.4 is 5.46 Å². The Kier molecular flexibility index (Phi) is 20.0. The molecule has 0 aliphatic carbocycles. The Balaban J connectivity index is 0.000000123. The highest BCUT2D eigenvalue weighted by atomic mass is 79.9. The normalized spacial score (nSPS) is 13.0. The summed E-state index contributed by atoms with van der Waals surface area (Å²) in [4.78, 5) is 20.9. The summed E-state index contributed by atoms with van der Waals surface area (Å²) < 4.78 is 27.5. The number of aromatic nitrogens is 6. The van der Waals surface area contributed by atoms with Gasteiger partial charge in [-0.1, -0.05) is 267 Å². The average molecular weight is 1750 g/mol. The van der Waals surface area contributed by atoms with Gasteiger partial charge in [0.15, 0.2) is 0 Å².